The number of esters is 2. The number of carboxylic acid groups (broad SMARTS) is 1. The molecule has 0 saturated heterocycles. The molecule has 0 aliphatic rings. The first-order valence-electron chi connectivity index (χ1n) is 37.3. The quantitative estimate of drug-likeness (QED) is 0.0211. The Morgan fingerprint density at radius 3 is 0.860 bits per heavy atom. The summed E-state index contributed by atoms with van der Waals surface area (Å²) in [6.45, 7) is 4.65. The van der Waals surface area contributed by atoms with Gasteiger partial charge in [0.05, 0.1) is 34.4 Å². The third-order valence-corrected chi connectivity index (χ3v) is 15.5. The predicted octanol–water partition coefficient (Wildman–Crippen LogP) is 23.8. The third-order valence-electron chi connectivity index (χ3n) is 15.5. The van der Waals surface area contributed by atoms with Crippen molar-refractivity contribution in [3.8, 4) is 0 Å². The number of hydrogen-bond acceptors (Lipinski definition) is 7. The third kappa shape index (κ3) is 73.9. The molecule has 1 N–H and O–H groups in total. The second-order valence-corrected chi connectivity index (χ2v) is 25.5. The molecule has 2 unspecified atom stereocenters. The predicted molar refractivity (Wildman–Crippen MR) is 400 cm³/mol. The van der Waals surface area contributed by atoms with Crippen LogP contribution < -0.4 is 0 Å². The van der Waals surface area contributed by atoms with Gasteiger partial charge in [-0.3, -0.25) is 9.59 Å². The normalized spacial score (nSPS) is 13.7. The maximum atomic E-state index is 13.0. The monoisotopic (exact) mass is 1290 g/mol. The zero-order valence-electron chi connectivity index (χ0n) is 60.1. The van der Waals surface area contributed by atoms with Gasteiger partial charge in [-0.15, -0.1) is 0 Å². The smallest absolute Gasteiger partial charge is 0.361 e. The Bertz CT molecular complexity index is 2140. The van der Waals surface area contributed by atoms with Crippen LogP contribution in [0.4, 0.5) is 0 Å². The van der Waals surface area contributed by atoms with Crippen LogP contribution >= 0.6 is 0 Å². The Morgan fingerprint density at radius 2 is 0.581 bits per heavy atom. The van der Waals surface area contributed by atoms with E-state index in [1.165, 1.54) is 122 Å². The lowest BCUT2D eigenvalue weighted by molar-refractivity contribution is -0.870. The zero-order chi connectivity index (χ0) is 67.5. The summed E-state index contributed by atoms with van der Waals surface area (Å²) in [5.41, 5.74) is 0. The topological polar surface area (TPSA) is 108 Å². The summed E-state index contributed by atoms with van der Waals surface area (Å²) in [6, 6.07) is 0. The van der Waals surface area contributed by atoms with Crippen molar-refractivity contribution < 1.29 is 42.9 Å². The first-order valence-corrected chi connectivity index (χ1v) is 37.3. The van der Waals surface area contributed by atoms with E-state index in [1.807, 2.05) is 21.1 Å². The van der Waals surface area contributed by atoms with Crippen molar-refractivity contribution in [1.82, 2.24) is 0 Å². The molecule has 0 aliphatic carbocycles. The molecule has 0 radical (unpaired) electrons. The van der Waals surface area contributed by atoms with Gasteiger partial charge in [-0.2, -0.15) is 0 Å². The van der Waals surface area contributed by atoms with Crippen LogP contribution in [-0.2, 0) is 33.3 Å². The number of nitrogens with zero attached hydrogens (tertiary/aromatic N) is 1. The maximum absolute atomic E-state index is 13.0. The van der Waals surface area contributed by atoms with Gasteiger partial charge in [0.25, 0.3) is 6.29 Å². The largest absolute Gasteiger partial charge is 0.477 e. The van der Waals surface area contributed by atoms with Crippen molar-refractivity contribution in [1.29, 1.82) is 0 Å². The molecular formula is C84H138NO8+. The van der Waals surface area contributed by atoms with Crippen molar-refractivity contribution in [2.24, 2.45) is 0 Å². The minimum Gasteiger partial charge on any atom is -0.477 e. The molecule has 0 aromatic rings. The van der Waals surface area contributed by atoms with Crippen LogP contribution in [0.3, 0.4) is 0 Å². The second-order valence-electron chi connectivity index (χ2n) is 25.5. The highest BCUT2D eigenvalue weighted by atomic mass is 16.7. The lowest BCUT2D eigenvalue weighted by atomic mass is 10.0. The number of carbonyl (C=O) groups excluding carboxylic acids is 2. The van der Waals surface area contributed by atoms with Gasteiger partial charge in [-0.05, 0) is 128 Å². The number of aliphatic carboxylic acids is 1. The lowest BCUT2D eigenvalue weighted by Crippen LogP contribution is -2.40. The molecule has 0 fully saturated rings. The van der Waals surface area contributed by atoms with Gasteiger partial charge in [-0.25, -0.2) is 4.79 Å². The summed E-state index contributed by atoms with van der Waals surface area (Å²) in [6.07, 6.45) is 106. The first kappa shape index (κ1) is 87.7. The number of carboxylic acids is 1. The zero-order valence-corrected chi connectivity index (χ0v) is 60.1. The van der Waals surface area contributed by atoms with E-state index in [0.29, 0.717) is 23.9 Å². The fourth-order valence-electron chi connectivity index (χ4n) is 9.86. The summed E-state index contributed by atoms with van der Waals surface area (Å²) >= 11 is 0. The number of unbranched alkanes of at least 4 members (excludes halogenated alkanes) is 24. The van der Waals surface area contributed by atoms with E-state index in [1.54, 1.807) is 0 Å². The van der Waals surface area contributed by atoms with Gasteiger partial charge in [0.1, 0.15) is 13.2 Å². The summed E-state index contributed by atoms with van der Waals surface area (Å²) in [5.74, 6) is -2.02. The molecule has 9 nitrogen and oxygen atoms in total. The van der Waals surface area contributed by atoms with Crippen LogP contribution in [0.2, 0.25) is 0 Å². The van der Waals surface area contributed by atoms with E-state index in [4.69, 9.17) is 18.9 Å². The van der Waals surface area contributed by atoms with Crippen LogP contribution in [-0.4, -0.2) is 87.4 Å². The SMILES string of the molecule is CC/C=C\C/C=C\C/C=C\C/C=C\C/C=C\C/C=C\C/C=C\C/C=C\C/C=C\CCCCCCCCCCCCCCCC(=O)OC(COC(=O)CCCCCCCCCCCCC/C=C\C/C=C\C/C=C\C/C=C\C/C=C\CC)COC(OCC[N+](C)(C)C)C(=O)O. The minimum atomic E-state index is -1.52. The molecule has 0 bridgehead atoms. The fraction of sp³-hybridized carbons (Fsp3) is 0.631. The van der Waals surface area contributed by atoms with Crippen LogP contribution in [0, 0.1) is 0 Å². The standard InChI is InChI=1S/C84H137NO8/c1-6-8-10-12-14-16-18-20-22-24-26-28-30-32-34-35-36-37-38-39-40-41-42-43-44-45-46-47-49-51-53-55-57-59-61-63-65-67-69-71-73-75-82(87)93-80(79-92-84(83(88)89)90-77-76-85(3,4)5)78-91-81(86)74-72-70-68-66-64-62-60-58-56-54-52-50-48-33-31-29-27-25-23-21-19-17-15-13-11-9-7-2/h8-11,14-17,20-23,26-29,32-34,36-37,39-40,42-43,45-46,48,80,84H,6-7,12-13,18-19,24-25,30-31,35,38,41,44,47,49-79H2,1-5H3/p+1/b10-8-,11-9-,16-14-,17-15-,22-20-,23-21-,28-26-,29-27-,34-32-,37-36-,40-39-,43-42-,46-45-,48-33-. The highest BCUT2D eigenvalue weighted by Gasteiger charge is 2.25. The molecule has 526 valence electrons. The van der Waals surface area contributed by atoms with Crippen molar-refractivity contribution >= 4 is 17.9 Å². The number of ether oxygens (including phenoxy) is 4. The Kier molecular flexibility index (Phi) is 68.3. The van der Waals surface area contributed by atoms with Gasteiger partial charge in [0, 0.05) is 12.8 Å². The van der Waals surface area contributed by atoms with Crippen molar-refractivity contribution in [3.63, 3.8) is 0 Å². The Morgan fingerprint density at radius 1 is 0.323 bits per heavy atom. The molecule has 93 heavy (non-hydrogen) atoms. The van der Waals surface area contributed by atoms with Gasteiger partial charge < -0.3 is 28.5 Å². The maximum Gasteiger partial charge on any atom is 0.361 e. The Labute approximate surface area is 571 Å². The molecule has 0 aromatic carbocycles. The Balaban J connectivity index is 4.12. The van der Waals surface area contributed by atoms with Crippen LogP contribution in [0.5, 0.6) is 0 Å². The molecule has 0 spiro atoms. The summed E-state index contributed by atoms with van der Waals surface area (Å²) in [5, 5.41) is 9.76. The minimum absolute atomic E-state index is 0.180. The van der Waals surface area contributed by atoms with Gasteiger partial charge >= 0.3 is 17.9 Å². The molecule has 2 atom stereocenters. The van der Waals surface area contributed by atoms with Crippen molar-refractivity contribution in [2.75, 3.05) is 47.5 Å². The highest BCUT2D eigenvalue weighted by Crippen LogP contribution is 2.17. The number of carbonyl (C=O) groups is 3. The summed E-state index contributed by atoms with van der Waals surface area (Å²) in [4.78, 5) is 37.7. The molecule has 0 saturated carbocycles. The number of allylic oxidation sites excluding steroid dienone is 28. The van der Waals surface area contributed by atoms with E-state index in [-0.39, 0.29) is 32.2 Å². The Hall–Kier alpha value is -5.35. The number of likely N-dealkylation sites (N-methyl/N-ethyl adjacent to an activating group) is 1. The van der Waals surface area contributed by atoms with Gasteiger partial charge in [-0.1, -0.05) is 312 Å². The molecule has 9 heteroatoms. The van der Waals surface area contributed by atoms with E-state index in [0.717, 1.165) is 128 Å². The molecule has 0 amide bonds. The number of hydrogen-bond donors (Lipinski definition) is 1. The van der Waals surface area contributed by atoms with Crippen LogP contribution in [0.25, 0.3) is 0 Å². The molecular weight excluding hydrogens is 1150 g/mol. The van der Waals surface area contributed by atoms with Crippen molar-refractivity contribution in [3.05, 3.63) is 170 Å². The first-order chi connectivity index (χ1) is 45.6. The molecule has 0 heterocycles. The number of quaternary nitrogens is 1. The number of rotatable bonds is 67. The van der Waals surface area contributed by atoms with E-state index >= 15 is 0 Å². The lowest BCUT2D eigenvalue weighted by Gasteiger charge is -2.25. The molecule has 0 aromatic heterocycles. The van der Waals surface area contributed by atoms with Gasteiger partial charge in [0.2, 0.25) is 0 Å². The molecule has 0 aliphatic heterocycles. The fourth-order valence-corrected chi connectivity index (χ4v) is 9.86. The van der Waals surface area contributed by atoms with E-state index in [2.05, 4.69) is 184 Å². The average molecular weight is 1290 g/mol. The highest BCUT2D eigenvalue weighted by molar-refractivity contribution is 5.71. The molecule has 0 rings (SSSR count). The van der Waals surface area contributed by atoms with Crippen molar-refractivity contribution in [2.45, 2.75) is 296 Å². The van der Waals surface area contributed by atoms with Crippen LogP contribution in [0.1, 0.15) is 284 Å². The average Bonchev–Trinajstić information content (AvgIpc) is 3.38. The van der Waals surface area contributed by atoms with E-state index in [9.17, 15) is 19.5 Å². The second kappa shape index (κ2) is 72.5. The van der Waals surface area contributed by atoms with Gasteiger partial charge in [0.15, 0.2) is 6.10 Å². The summed E-state index contributed by atoms with van der Waals surface area (Å²) in [7, 11) is 5.97. The summed E-state index contributed by atoms with van der Waals surface area (Å²) < 4.78 is 23.0. The van der Waals surface area contributed by atoms with E-state index < -0.39 is 24.3 Å². The van der Waals surface area contributed by atoms with Crippen LogP contribution in [0.15, 0.2) is 170 Å².